The summed E-state index contributed by atoms with van der Waals surface area (Å²) in [5.74, 6) is 0.923. The number of amides is 1. The summed E-state index contributed by atoms with van der Waals surface area (Å²) >= 11 is 3.59. The van der Waals surface area contributed by atoms with Crippen LogP contribution < -0.4 is 15.8 Å². The molecule has 0 aromatic heterocycles. The Bertz CT molecular complexity index is 795. The van der Waals surface area contributed by atoms with E-state index in [2.05, 4.69) is 32.2 Å². The third kappa shape index (κ3) is 6.94. The van der Waals surface area contributed by atoms with Crippen LogP contribution >= 0.6 is 15.9 Å². The summed E-state index contributed by atoms with van der Waals surface area (Å²) in [6.45, 7) is 3.91. The molecule has 0 saturated heterocycles. The summed E-state index contributed by atoms with van der Waals surface area (Å²) < 4.78 is 6.42. The Morgan fingerprint density at radius 3 is 2.74 bits per heavy atom. The number of nitrogens with one attached hydrogen (secondary N) is 1. The number of aliphatic imine (C=N–C) groups is 1. The van der Waals surface area contributed by atoms with Crippen LogP contribution in [0.25, 0.3) is 0 Å². The van der Waals surface area contributed by atoms with Crippen LogP contribution in [0.2, 0.25) is 0 Å². The highest BCUT2D eigenvalue weighted by atomic mass is 79.9. The summed E-state index contributed by atoms with van der Waals surface area (Å²) in [7, 11) is 2.01. The van der Waals surface area contributed by atoms with E-state index in [-0.39, 0.29) is 6.61 Å². The van der Waals surface area contributed by atoms with Gasteiger partial charge in [0.2, 0.25) is 0 Å². The predicted octanol–water partition coefficient (Wildman–Crippen LogP) is 2.91. The number of primary amides is 1. The maximum Gasteiger partial charge on any atom is 0.255 e. The van der Waals surface area contributed by atoms with E-state index in [1.807, 2.05) is 50.4 Å². The van der Waals surface area contributed by atoms with E-state index in [0.29, 0.717) is 12.3 Å². The molecule has 0 aliphatic heterocycles. The van der Waals surface area contributed by atoms with E-state index in [4.69, 9.17) is 15.5 Å². The van der Waals surface area contributed by atoms with Gasteiger partial charge in [0.05, 0.1) is 6.54 Å². The zero-order chi connectivity index (χ0) is 19.6. The molecule has 0 spiro atoms. The van der Waals surface area contributed by atoms with Gasteiger partial charge in [-0.1, -0.05) is 46.3 Å². The van der Waals surface area contributed by atoms with Crippen molar-refractivity contribution in [1.29, 1.82) is 0 Å². The van der Waals surface area contributed by atoms with Crippen LogP contribution in [0, 0.1) is 0 Å². The molecule has 6 nitrogen and oxygen atoms in total. The van der Waals surface area contributed by atoms with E-state index in [1.165, 1.54) is 5.56 Å². The maximum absolute atomic E-state index is 10.9. The molecule has 0 radical (unpaired) electrons. The largest absolute Gasteiger partial charge is 0.484 e. The average Bonchev–Trinajstić information content (AvgIpc) is 2.65. The van der Waals surface area contributed by atoms with Gasteiger partial charge in [0.25, 0.3) is 5.91 Å². The molecule has 0 fully saturated rings. The Labute approximate surface area is 168 Å². The number of carbonyl (C=O) groups excluding carboxylic acids is 1. The van der Waals surface area contributed by atoms with Gasteiger partial charge in [-0.15, -0.1) is 0 Å². The monoisotopic (exact) mass is 432 g/mol. The molecule has 7 heteroatoms. The summed E-state index contributed by atoms with van der Waals surface area (Å²) in [4.78, 5) is 17.6. The SMILES string of the molecule is CCNC(=NCc1cccc(OCC(N)=O)c1)N(C)Cc1ccccc1Br. The third-order valence-electron chi connectivity index (χ3n) is 3.75. The van der Waals surface area contributed by atoms with Crippen LogP contribution in [0.5, 0.6) is 5.75 Å². The molecule has 144 valence electrons. The van der Waals surface area contributed by atoms with Crippen LogP contribution in [0.3, 0.4) is 0 Å². The minimum atomic E-state index is -0.499. The standard InChI is InChI=1S/C20H25BrN4O2/c1-3-23-20(25(2)13-16-8-4-5-10-18(16)21)24-12-15-7-6-9-17(11-15)27-14-19(22)26/h4-11H,3,12-14H2,1-2H3,(H2,22,26)(H,23,24). The fourth-order valence-electron chi connectivity index (χ4n) is 2.48. The van der Waals surface area contributed by atoms with Gasteiger partial charge in [0.15, 0.2) is 12.6 Å². The van der Waals surface area contributed by atoms with Gasteiger partial charge in [0.1, 0.15) is 5.75 Å². The van der Waals surface area contributed by atoms with Crippen molar-refractivity contribution in [2.45, 2.75) is 20.0 Å². The number of rotatable bonds is 8. The number of carbonyl (C=O) groups is 1. The van der Waals surface area contributed by atoms with Gasteiger partial charge >= 0.3 is 0 Å². The first kappa shape index (κ1) is 20.8. The molecule has 0 aliphatic carbocycles. The number of ether oxygens (including phenoxy) is 1. The molecule has 0 unspecified atom stereocenters. The molecule has 2 aromatic carbocycles. The molecule has 0 saturated carbocycles. The fraction of sp³-hybridized carbons (Fsp3) is 0.300. The maximum atomic E-state index is 10.9. The van der Waals surface area contributed by atoms with E-state index < -0.39 is 5.91 Å². The van der Waals surface area contributed by atoms with E-state index in [1.54, 1.807) is 6.07 Å². The van der Waals surface area contributed by atoms with Gasteiger partial charge in [-0.2, -0.15) is 0 Å². The summed E-state index contributed by atoms with van der Waals surface area (Å²) in [5.41, 5.74) is 7.29. The van der Waals surface area contributed by atoms with Gasteiger partial charge in [0, 0.05) is 24.6 Å². The second kappa shape index (κ2) is 10.6. The average molecular weight is 433 g/mol. The Balaban J connectivity index is 2.07. The number of hydrogen-bond donors (Lipinski definition) is 2. The molecular weight excluding hydrogens is 408 g/mol. The highest BCUT2D eigenvalue weighted by Crippen LogP contribution is 2.18. The topological polar surface area (TPSA) is 80.0 Å². The first-order chi connectivity index (χ1) is 13.0. The van der Waals surface area contributed by atoms with E-state index in [9.17, 15) is 4.79 Å². The number of guanidine groups is 1. The fourth-order valence-corrected chi connectivity index (χ4v) is 2.89. The highest BCUT2D eigenvalue weighted by Gasteiger charge is 2.08. The van der Waals surface area contributed by atoms with Crippen molar-refractivity contribution in [3.8, 4) is 5.75 Å². The lowest BCUT2D eigenvalue weighted by atomic mass is 10.2. The highest BCUT2D eigenvalue weighted by molar-refractivity contribution is 9.10. The minimum absolute atomic E-state index is 0.135. The Hall–Kier alpha value is -2.54. The lowest BCUT2D eigenvalue weighted by molar-refractivity contribution is -0.119. The Morgan fingerprint density at radius 2 is 2.04 bits per heavy atom. The van der Waals surface area contributed by atoms with Gasteiger partial charge in [-0.25, -0.2) is 4.99 Å². The number of benzene rings is 2. The molecule has 3 N–H and O–H groups in total. The minimum Gasteiger partial charge on any atom is -0.484 e. The molecule has 27 heavy (non-hydrogen) atoms. The van der Waals surface area contributed by atoms with Crippen LogP contribution in [-0.4, -0.2) is 37.0 Å². The van der Waals surface area contributed by atoms with Crippen molar-refractivity contribution in [3.05, 3.63) is 64.1 Å². The van der Waals surface area contributed by atoms with Crippen LogP contribution in [0.4, 0.5) is 0 Å². The van der Waals surface area contributed by atoms with E-state index in [0.717, 1.165) is 29.1 Å². The number of nitrogens with two attached hydrogens (primary N) is 1. The summed E-state index contributed by atoms with van der Waals surface area (Å²) in [5, 5.41) is 3.32. The lowest BCUT2D eigenvalue weighted by Gasteiger charge is -2.22. The Morgan fingerprint density at radius 1 is 1.26 bits per heavy atom. The number of halogens is 1. The second-order valence-electron chi connectivity index (χ2n) is 6.02. The van der Waals surface area contributed by atoms with Crippen LogP contribution in [0.1, 0.15) is 18.1 Å². The molecule has 2 aromatic rings. The summed E-state index contributed by atoms with van der Waals surface area (Å²) in [6.07, 6.45) is 0. The quantitative estimate of drug-likeness (QED) is 0.496. The van der Waals surface area contributed by atoms with Crippen molar-refractivity contribution in [3.63, 3.8) is 0 Å². The Kier molecular flexibility index (Phi) is 8.13. The smallest absolute Gasteiger partial charge is 0.255 e. The van der Waals surface area contributed by atoms with E-state index >= 15 is 0 Å². The first-order valence-corrected chi connectivity index (χ1v) is 9.51. The molecule has 1 amide bonds. The molecular formula is C20H25BrN4O2. The van der Waals surface area contributed by atoms with Crippen molar-refractivity contribution < 1.29 is 9.53 Å². The molecule has 0 bridgehead atoms. The molecule has 0 atom stereocenters. The molecule has 0 heterocycles. The molecule has 2 rings (SSSR count). The van der Waals surface area contributed by atoms with Crippen molar-refractivity contribution in [1.82, 2.24) is 10.2 Å². The van der Waals surface area contributed by atoms with Crippen LogP contribution in [0.15, 0.2) is 58.0 Å². The lowest BCUT2D eigenvalue weighted by Crippen LogP contribution is -2.38. The van der Waals surface area contributed by atoms with Crippen molar-refractivity contribution >= 4 is 27.8 Å². The van der Waals surface area contributed by atoms with Crippen molar-refractivity contribution in [2.75, 3.05) is 20.2 Å². The third-order valence-corrected chi connectivity index (χ3v) is 4.53. The zero-order valence-corrected chi connectivity index (χ0v) is 17.2. The first-order valence-electron chi connectivity index (χ1n) is 8.72. The predicted molar refractivity (Wildman–Crippen MR) is 112 cm³/mol. The van der Waals surface area contributed by atoms with Crippen molar-refractivity contribution in [2.24, 2.45) is 10.7 Å². The molecule has 0 aliphatic rings. The van der Waals surface area contributed by atoms with Gasteiger partial charge in [-0.3, -0.25) is 4.79 Å². The normalized spacial score (nSPS) is 11.1. The van der Waals surface area contributed by atoms with Gasteiger partial charge in [-0.05, 0) is 36.2 Å². The zero-order valence-electron chi connectivity index (χ0n) is 15.6. The number of hydrogen-bond acceptors (Lipinski definition) is 3. The van der Waals surface area contributed by atoms with Crippen LogP contribution in [-0.2, 0) is 17.9 Å². The van der Waals surface area contributed by atoms with Gasteiger partial charge < -0.3 is 20.7 Å². The number of nitrogens with zero attached hydrogens (tertiary/aromatic N) is 2. The second-order valence-corrected chi connectivity index (χ2v) is 6.87. The summed E-state index contributed by atoms with van der Waals surface area (Å²) in [6, 6.07) is 15.6.